The second-order valence-corrected chi connectivity index (χ2v) is 6.81. The molecule has 0 fully saturated rings. The molecule has 2 aromatic rings. The van der Waals surface area contributed by atoms with Crippen LogP contribution in [0.3, 0.4) is 0 Å². The Morgan fingerprint density at radius 2 is 1.50 bits per heavy atom. The van der Waals surface area contributed by atoms with Gasteiger partial charge in [-0.3, -0.25) is 9.59 Å². The first-order valence-electron chi connectivity index (χ1n) is 7.38. The molecule has 0 saturated heterocycles. The molecule has 0 heterocycles. The maximum absolute atomic E-state index is 12.2. The fourth-order valence-corrected chi connectivity index (χ4v) is 1.99. The molecule has 0 spiro atoms. The first-order chi connectivity index (χ1) is 11.2. The Morgan fingerprint density at radius 1 is 0.958 bits per heavy atom. The topological polar surface area (TPSA) is 78.4 Å². The molecular weight excluding hydrogens is 328 g/mol. The lowest BCUT2D eigenvalue weighted by molar-refractivity contribution is -0.123. The number of carbonyl (C=O) groups excluding carboxylic acids is 2. The van der Waals surface area contributed by atoms with Crippen molar-refractivity contribution in [3.63, 3.8) is 0 Å². The van der Waals surface area contributed by atoms with Crippen molar-refractivity contribution in [1.29, 1.82) is 0 Å². The number of phenolic OH excluding ortho intramolecular Hbond substituents is 1. The summed E-state index contributed by atoms with van der Waals surface area (Å²) in [5, 5.41) is 15.0. The van der Waals surface area contributed by atoms with Crippen molar-refractivity contribution < 1.29 is 14.7 Å². The lowest BCUT2D eigenvalue weighted by Crippen LogP contribution is -2.27. The molecule has 0 saturated carbocycles. The first-order valence-corrected chi connectivity index (χ1v) is 7.76. The first kappa shape index (κ1) is 17.8. The van der Waals surface area contributed by atoms with Crippen LogP contribution in [-0.4, -0.2) is 16.9 Å². The van der Waals surface area contributed by atoms with Crippen molar-refractivity contribution in [2.75, 3.05) is 10.6 Å². The number of anilines is 2. The largest absolute Gasteiger partial charge is 0.506 e. The monoisotopic (exact) mass is 346 g/mol. The molecule has 2 aromatic carbocycles. The number of carbonyl (C=O) groups is 2. The second-order valence-electron chi connectivity index (χ2n) is 6.40. The van der Waals surface area contributed by atoms with Crippen molar-refractivity contribution in [2.45, 2.75) is 20.8 Å². The number of nitrogens with one attached hydrogen (secondary N) is 2. The van der Waals surface area contributed by atoms with E-state index in [-0.39, 0.29) is 22.6 Å². The van der Waals surface area contributed by atoms with Gasteiger partial charge in [0, 0.05) is 22.4 Å². The van der Waals surface area contributed by atoms with E-state index in [1.54, 1.807) is 24.3 Å². The third-order valence-corrected chi connectivity index (χ3v) is 3.59. The summed E-state index contributed by atoms with van der Waals surface area (Å²) in [7, 11) is 0. The molecule has 0 aromatic heterocycles. The van der Waals surface area contributed by atoms with E-state index >= 15 is 0 Å². The minimum atomic E-state index is -0.481. The van der Waals surface area contributed by atoms with Gasteiger partial charge in [-0.2, -0.15) is 0 Å². The van der Waals surface area contributed by atoms with Gasteiger partial charge in [0.2, 0.25) is 5.91 Å². The van der Waals surface area contributed by atoms with Crippen LogP contribution in [0.25, 0.3) is 0 Å². The Balaban J connectivity index is 2.04. The third kappa shape index (κ3) is 4.49. The van der Waals surface area contributed by atoms with E-state index in [0.717, 1.165) is 0 Å². The average molecular weight is 347 g/mol. The molecule has 5 nitrogen and oxygen atoms in total. The maximum atomic E-state index is 12.2. The molecule has 0 aliphatic rings. The highest BCUT2D eigenvalue weighted by Gasteiger charge is 2.21. The predicted molar refractivity (Wildman–Crippen MR) is 95.6 cm³/mol. The molecule has 0 aliphatic carbocycles. The molecule has 0 unspecified atom stereocenters. The Bertz CT molecular complexity index is 765. The number of aromatic hydroxyl groups is 1. The lowest BCUT2D eigenvalue weighted by atomic mass is 9.95. The van der Waals surface area contributed by atoms with Gasteiger partial charge >= 0.3 is 0 Å². The molecule has 0 radical (unpaired) electrons. The zero-order valence-electron chi connectivity index (χ0n) is 13.7. The molecular formula is C18H19ClN2O3. The van der Waals surface area contributed by atoms with Gasteiger partial charge < -0.3 is 15.7 Å². The van der Waals surface area contributed by atoms with E-state index in [1.165, 1.54) is 18.2 Å². The lowest BCUT2D eigenvalue weighted by Gasteiger charge is -2.17. The SMILES string of the molecule is CC(C)(C)C(=O)Nc1ccc(NC(=O)c2ccc(O)c(Cl)c2)cc1. The Morgan fingerprint density at radius 3 is 2.00 bits per heavy atom. The van der Waals surface area contributed by atoms with Crippen LogP contribution in [-0.2, 0) is 4.79 Å². The predicted octanol–water partition coefficient (Wildman–Crippen LogP) is 4.28. The van der Waals surface area contributed by atoms with Crippen molar-refractivity contribution in [2.24, 2.45) is 5.41 Å². The number of hydrogen-bond donors (Lipinski definition) is 3. The molecule has 2 amide bonds. The second kappa shape index (κ2) is 6.93. The molecule has 0 bridgehead atoms. The van der Waals surface area contributed by atoms with Crippen LogP contribution in [0.15, 0.2) is 42.5 Å². The van der Waals surface area contributed by atoms with E-state index in [2.05, 4.69) is 10.6 Å². The van der Waals surface area contributed by atoms with Crippen LogP contribution in [0, 0.1) is 5.41 Å². The summed E-state index contributed by atoms with van der Waals surface area (Å²) in [5.41, 5.74) is 1.09. The van der Waals surface area contributed by atoms with Crippen LogP contribution in [0.4, 0.5) is 11.4 Å². The highest BCUT2D eigenvalue weighted by Crippen LogP contribution is 2.24. The molecule has 24 heavy (non-hydrogen) atoms. The summed E-state index contributed by atoms with van der Waals surface area (Å²) in [4.78, 5) is 24.1. The van der Waals surface area contributed by atoms with Crippen LogP contribution < -0.4 is 10.6 Å². The Labute approximate surface area is 145 Å². The van der Waals surface area contributed by atoms with Crippen molar-refractivity contribution in [3.8, 4) is 5.75 Å². The van der Waals surface area contributed by atoms with Gasteiger partial charge in [-0.25, -0.2) is 0 Å². The molecule has 3 N–H and O–H groups in total. The van der Waals surface area contributed by atoms with Gasteiger partial charge in [0.1, 0.15) is 5.75 Å². The third-order valence-electron chi connectivity index (χ3n) is 3.29. The average Bonchev–Trinajstić information content (AvgIpc) is 2.51. The van der Waals surface area contributed by atoms with E-state index in [9.17, 15) is 14.7 Å². The van der Waals surface area contributed by atoms with Crippen LogP contribution in [0.5, 0.6) is 5.75 Å². The molecule has 0 atom stereocenters. The van der Waals surface area contributed by atoms with Gasteiger partial charge in [0.15, 0.2) is 0 Å². The van der Waals surface area contributed by atoms with Crippen molar-refractivity contribution >= 4 is 34.8 Å². The fourth-order valence-electron chi connectivity index (χ4n) is 1.81. The Hall–Kier alpha value is -2.53. The van der Waals surface area contributed by atoms with Crippen LogP contribution in [0.1, 0.15) is 31.1 Å². The fraction of sp³-hybridized carbons (Fsp3) is 0.222. The zero-order valence-corrected chi connectivity index (χ0v) is 14.4. The number of amides is 2. The quantitative estimate of drug-likeness (QED) is 0.776. The summed E-state index contributed by atoms with van der Waals surface area (Å²) < 4.78 is 0. The summed E-state index contributed by atoms with van der Waals surface area (Å²) in [6.45, 7) is 5.50. The Kier molecular flexibility index (Phi) is 5.14. The maximum Gasteiger partial charge on any atom is 0.255 e. The number of rotatable bonds is 3. The van der Waals surface area contributed by atoms with Crippen molar-refractivity contribution in [3.05, 3.63) is 53.1 Å². The van der Waals surface area contributed by atoms with Crippen LogP contribution in [0.2, 0.25) is 5.02 Å². The summed E-state index contributed by atoms with van der Waals surface area (Å²) in [6, 6.07) is 11.0. The minimum absolute atomic E-state index is 0.0767. The van der Waals surface area contributed by atoms with E-state index in [4.69, 9.17) is 11.6 Å². The standard InChI is InChI=1S/C18H19ClN2O3/c1-18(2,3)17(24)21-13-7-5-12(6-8-13)20-16(23)11-4-9-15(22)14(19)10-11/h4-10,22H,1-3H3,(H,20,23)(H,21,24). The van der Waals surface area contributed by atoms with Gasteiger partial charge in [-0.1, -0.05) is 32.4 Å². The number of phenols is 1. The molecule has 0 aliphatic heterocycles. The number of halogens is 1. The van der Waals surface area contributed by atoms with E-state index < -0.39 is 5.41 Å². The summed E-state index contributed by atoms with van der Waals surface area (Å²) in [6.07, 6.45) is 0. The number of benzene rings is 2. The normalized spacial score (nSPS) is 11.0. The van der Waals surface area contributed by atoms with E-state index in [0.29, 0.717) is 16.9 Å². The minimum Gasteiger partial charge on any atom is -0.506 e. The smallest absolute Gasteiger partial charge is 0.255 e. The van der Waals surface area contributed by atoms with Gasteiger partial charge in [0.25, 0.3) is 5.91 Å². The molecule has 2 rings (SSSR count). The van der Waals surface area contributed by atoms with Gasteiger partial charge in [-0.15, -0.1) is 0 Å². The highest BCUT2D eigenvalue weighted by molar-refractivity contribution is 6.32. The zero-order chi connectivity index (χ0) is 17.9. The summed E-state index contributed by atoms with van der Waals surface area (Å²) in [5.74, 6) is -0.506. The van der Waals surface area contributed by atoms with Gasteiger partial charge in [-0.05, 0) is 42.5 Å². The van der Waals surface area contributed by atoms with E-state index in [1.807, 2.05) is 20.8 Å². The summed E-state index contributed by atoms with van der Waals surface area (Å²) >= 11 is 5.80. The molecule has 6 heteroatoms. The highest BCUT2D eigenvalue weighted by atomic mass is 35.5. The van der Waals surface area contributed by atoms with Crippen molar-refractivity contribution in [1.82, 2.24) is 0 Å². The molecule has 126 valence electrons. The van der Waals surface area contributed by atoms with Gasteiger partial charge in [0.05, 0.1) is 5.02 Å². The number of hydrogen-bond acceptors (Lipinski definition) is 3. The van der Waals surface area contributed by atoms with Crippen LogP contribution >= 0.6 is 11.6 Å².